The zero-order valence-electron chi connectivity index (χ0n) is 12.1. The van der Waals surface area contributed by atoms with Crippen molar-refractivity contribution in [1.29, 1.82) is 0 Å². The summed E-state index contributed by atoms with van der Waals surface area (Å²) < 4.78 is 5.13. The van der Waals surface area contributed by atoms with E-state index in [1.807, 2.05) is 0 Å². The minimum absolute atomic E-state index is 0.105. The fourth-order valence-electron chi connectivity index (χ4n) is 2.03. The Morgan fingerprint density at radius 3 is 2.90 bits per heavy atom. The van der Waals surface area contributed by atoms with E-state index in [4.69, 9.17) is 16.0 Å². The number of carbonyl (C=O) groups excluding carboxylic acids is 2. The molecular weight excluding hydrogens is 312 g/mol. The summed E-state index contributed by atoms with van der Waals surface area (Å²) in [4.78, 5) is 26.1. The molecule has 1 aliphatic heterocycles. The fourth-order valence-corrected chi connectivity index (χ4v) is 3.33. The third-order valence-corrected chi connectivity index (χ3v) is 4.47. The van der Waals surface area contributed by atoms with Crippen molar-refractivity contribution in [3.05, 3.63) is 23.1 Å². The van der Waals surface area contributed by atoms with Crippen molar-refractivity contribution in [1.82, 2.24) is 10.2 Å². The van der Waals surface area contributed by atoms with Gasteiger partial charge in [-0.15, -0.1) is 11.8 Å². The predicted octanol–water partition coefficient (Wildman–Crippen LogP) is 2.61. The number of hydrogen-bond donors (Lipinski definition) is 1. The minimum atomic E-state index is -0.446. The molecule has 0 saturated carbocycles. The van der Waals surface area contributed by atoms with Crippen molar-refractivity contribution in [2.75, 3.05) is 18.2 Å². The van der Waals surface area contributed by atoms with Crippen molar-refractivity contribution in [2.45, 2.75) is 26.3 Å². The van der Waals surface area contributed by atoms with Crippen LogP contribution in [-0.4, -0.2) is 40.9 Å². The van der Waals surface area contributed by atoms with E-state index >= 15 is 0 Å². The number of hydrogen-bond acceptors (Lipinski definition) is 4. The van der Waals surface area contributed by atoms with Crippen LogP contribution in [0.25, 0.3) is 0 Å². The van der Waals surface area contributed by atoms with Gasteiger partial charge in [-0.3, -0.25) is 9.59 Å². The highest BCUT2D eigenvalue weighted by molar-refractivity contribution is 7.99. The van der Waals surface area contributed by atoms with E-state index in [2.05, 4.69) is 19.2 Å². The maximum atomic E-state index is 12.3. The molecule has 0 bridgehead atoms. The SMILES string of the molecule is CC(C)CCNC(=O)C1CSCN1C(=O)c1ccc(Cl)o1. The van der Waals surface area contributed by atoms with Crippen LogP contribution in [0, 0.1) is 5.92 Å². The van der Waals surface area contributed by atoms with Crippen molar-refractivity contribution >= 4 is 35.2 Å². The van der Waals surface area contributed by atoms with E-state index in [0.29, 0.717) is 24.1 Å². The Bertz CT molecular complexity index is 518. The fraction of sp³-hybridized carbons (Fsp3) is 0.571. The quantitative estimate of drug-likeness (QED) is 0.901. The molecule has 0 aliphatic carbocycles. The van der Waals surface area contributed by atoms with Gasteiger partial charge in [0.25, 0.3) is 5.91 Å². The molecule has 2 amide bonds. The number of amides is 2. The second-order valence-electron chi connectivity index (χ2n) is 5.37. The lowest BCUT2D eigenvalue weighted by Crippen LogP contribution is -2.47. The molecule has 116 valence electrons. The first-order chi connectivity index (χ1) is 9.99. The second-order valence-corrected chi connectivity index (χ2v) is 6.74. The van der Waals surface area contributed by atoms with Crippen molar-refractivity contribution in [3.8, 4) is 0 Å². The van der Waals surface area contributed by atoms with Gasteiger partial charge in [-0.05, 0) is 36.1 Å². The highest BCUT2D eigenvalue weighted by Gasteiger charge is 2.36. The predicted molar refractivity (Wildman–Crippen MR) is 83.5 cm³/mol. The third-order valence-electron chi connectivity index (χ3n) is 3.25. The van der Waals surface area contributed by atoms with Crippen LogP contribution in [0.1, 0.15) is 30.8 Å². The van der Waals surface area contributed by atoms with Crippen LogP contribution in [0.2, 0.25) is 5.22 Å². The van der Waals surface area contributed by atoms with Gasteiger partial charge in [-0.1, -0.05) is 13.8 Å². The normalized spacial score (nSPS) is 18.3. The molecular formula is C14H19ClN2O3S. The zero-order valence-corrected chi connectivity index (χ0v) is 13.7. The summed E-state index contributed by atoms with van der Waals surface area (Å²) in [5.41, 5.74) is 0. The third kappa shape index (κ3) is 4.17. The number of nitrogens with zero attached hydrogens (tertiary/aromatic N) is 1. The van der Waals surface area contributed by atoms with Crippen LogP contribution in [-0.2, 0) is 4.79 Å². The van der Waals surface area contributed by atoms with Crippen molar-refractivity contribution in [3.63, 3.8) is 0 Å². The molecule has 7 heteroatoms. The van der Waals surface area contributed by atoms with Crippen molar-refractivity contribution in [2.24, 2.45) is 5.92 Å². The van der Waals surface area contributed by atoms with Gasteiger partial charge in [0.2, 0.25) is 5.91 Å². The van der Waals surface area contributed by atoms with E-state index in [0.717, 1.165) is 6.42 Å². The summed E-state index contributed by atoms with van der Waals surface area (Å²) in [6.07, 6.45) is 0.924. The molecule has 1 aliphatic rings. The van der Waals surface area contributed by atoms with E-state index in [1.54, 1.807) is 11.8 Å². The van der Waals surface area contributed by atoms with E-state index in [9.17, 15) is 9.59 Å². The Morgan fingerprint density at radius 1 is 1.52 bits per heavy atom. The van der Waals surface area contributed by atoms with Crippen LogP contribution in [0.5, 0.6) is 0 Å². The van der Waals surface area contributed by atoms with Crippen LogP contribution in [0.3, 0.4) is 0 Å². The molecule has 1 fully saturated rings. The number of thioether (sulfide) groups is 1. The molecule has 1 N–H and O–H groups in total. The summed E-state index contributed by atoms with van der Waals surface area (Å²) in [7, 11) is 0. The molecule has 2 heterocycles. The van der Waals surface area contributed by atoms with Crippen LogP contribution in [0.4, 0.5) is 0 Å². The molecule has 0 spiro atoms. The van der Waals surface area contributed by atoms with E-state index in [1.165, 1.54) is 17.0 Å². The first kappa shape index (κ1) is 16.2. The second kappa shape index (κ2) is 7.22. The number of rotatable bonds is 5. The van der Waals surface area contributed by atoms with Gasteiger partial charge >= 0.3 is 0 Å². The minimum Gasteiger partial charge on any atom is -0.440 e. The molecule has 5 nitrogen and oxygen atoms in total. The summed E-state index contributed by atoms with van der Waals surface area (Å²) in [5.74, 6) is 1.39. The maximum Gasteiger partial charge on any atom is 0.291 e. The average molecular weight is 331 g/mol. The van der Waals surface area contributed by atoms with Gasteiger partial charge in [-0.2, -0.15) is 0 Å². The van der Waals surface area contributed by atoms with Gasteiger partial charge < -0.3 is 14.6 Å². The topological polar surface area (TPSA) is 62.6 Å². The Morgan fingerprint density at radius 2 is 2.29 bits per heavy atom. The number of nitrogens with one attached hydrogen (secondary N) is 1. The maximum absolute atomic E-state index is 12.3. The monoisotopic (exact) mass is 330 g/mol. The average Bonchev–Trinajstić information content (AvgIpc) is 3.05. The summed E-state index contributed by atoms with van der Waals surface area (Å²) in [5, 5.41) is 3.06. The van der Waals surface area contributed by atoms with E-state index < -0.39 is 6.04 Å². The Balaban J connectivity index is 1.96. The standard InChI is InChI=1S/C14H19ClN2O3S/c1-9(2)5-6-16-13(18)10-7-21-8-17(10)14(19)11-3-4-12(15)20-11/h3-4,9-10H,5-8H2,1-2H3,(H,16,18). The highest BCUT2D eigenvalue weighted by Crippen LogP contribution is 2.24. The van der Waals surface area contributed by atoms with Crippen LogP contribution >= 0.6 is 23.4 Å². The van der Waals surface area contributed by atoms with Gasteiger partial charge in [0.05, 0.1) is 5.88 Å². The molecule has 1 aromatic heterocycles. The number of carbonyl (C=O) groups is 2. The molecule has 1 atom stereocenters. The van der Waals surface area contributed by atoms with Gasteiger partial charge in [-0.25, -0.2) is 0 Å². The lowest BCUT2D eigenvalue weighted by atomic mass is 10.1. The molecule has 1 aromatic rings. The molecule has 1 saturated heterocycles. The molecule has 0 aromatic carbocycles. The van der Waals surface area contributed by atoms with Gasteiger partial charge in [0.15, 0.2) is 11.0 Å². The van der Waals surface area contributed by atoms with Crippen LogP contribution < -0.4 is 5.32 Å². The highest BCUT2D eigenvalue weighted by atomic mass is 35.5. The zero-order chi connectivity index (χ0) is 15.4. The van der Waals surface area contributed by atoms with Gasteiger partial charge in [0.1, 0.15) is 6.04 Å². The first-order valence-electron chi connectivity index (χ1n) is 6.90. The lowest BCUT2D eigenvalue weighted by molar-refractivity contribution is -0.124. The molecule has 2 rings (SSSR count). The Hall–Kier alpha value is -1.14. The largest absolute Gasteiger partial charge is 0.440 e. The Labute approximate surface area is 133 Å². The van der Waals surface area contributed by atoms with Crippen molar-refractivity contribution < 1.29 is 14.0 Å². The smallest absolute Gasteiger partial charge is 0.291 e. The summed E-state index contributed by atoms with van der Waals surface area (Å²) >= 11 is 7.24. The molecule has 1 unspecified atom stereocenters. The first-order valence-corrected chi connectivity index (χ1v) is 8.44. The van der Waals surface area contributed by atoms with Gasteiger partial charge in [0, 0.05) is 12.3 Å². The summed E-state index contributed by atoms with van der Waals surface area (Å²) in [6.45, 7) is 4.84. The molecule has 21 heavy (non-hydrogen) atoms. The summed E-state index contributed by atoms with van der Waals surface area (Å²) in [6, 6.07) is 2.61. The van der Waals surface area contributed by atoms with Crippen LogP contribution in [0.15, 0.2) is 16.5 Å². The number of halogens is 1. The molecule has 0 radical (unpaired) electrons. The Kier molecular flexibility index (Phi) is 5.58. The lowest BCUT2D eigenvalue weighted by Gasteiger charge is -2.22. The number of furan rings is 1. The van der Waals surface area contributed by atoms with E-state index in [-0.39, 0.29) is 22.8 Å².